The number of benzene rings is 2. The summed E-state index contributed by atoms with van der Waals surface area (Å²) < 4.78 is 14.0. The summed E-state index contributed by atoms with van der Waals surface area (Å²) in [5.74, 6) is -0.108. The van der Waals surface area contributed by atoms with Crippen molar-refractivity contribution in [3.05, 3.63) is 83.2 Å². The summed E-state index contributed by atoms with van der Waals surface area (Å²) in [6.45, 7) is 4.63. The van der Waals surface area contributed by atoms with Crippen LogP contribution in [0.15, 0.2) is 60.8 Å². The zero-order chi connectivity index (χ0) is 22.8. The van der Waals surface area contributed by atoms with Gasteiger partial charge in [0.1, 0.15) is 37.0 Å². The number of carbonyl (C=O) groups is 1. The Morgan fingerprint density at radius 2 is 1.82 bits per heavy atom. The van der Waals surface area contributed by atoms with E-state index in [0.717, 1.165) is 24.3 Å². The molecule has 0 radical (unpaired) electrons. The van der Waals surface area contributed by atoms with E-state index in [4.69, 9.17) is 9.47 Å². The number of amides is 1. The fourth-order valence-corrected chi connectivity index (χ4v) is 4.66. The highest BCUT2D eigenvalue weighted by atomic mass is 16.6. The van der Waals surface area contributed by atoms with Gasteiger partial charge in [-0.2, -0.15) is 0 Å². The number of ether oxygens (including phenoxy) is 2. The fourth-order valence-electron chi connectivity index (χ4n) is 4.66. The highest BCUT2D eigenvalue weighted by Crippen LogP contribution is 2.34. The molecule has 8 nitrogen and oxygen atoms in total. The first kappa shape index (κ1) is 21.8. The number of nitrogens with zero attached hydrogens (tertiary/aromatic N) is 3. The Hall–Kier alpha value is -3.07. The summed E-state index contributed by atoms with van der Waals surface area (Å²) in [5.41, 5.74) is 4.00. The summed E-state index contributed by atoms with van der Waals surface area (Å²) in [5, 5.41) is 11.8. The molecule has 3 heterocycles. The molecule has 0 bridgehead atoms. The van der Waals surface area contributed by atoms with Gasteiger partial charge in [-0.05, 0) is 19.1 Å². The molecule has 2 aromatic carbocycles. The Bertz CT molecular complexity index is 1080. The summed E-state index contributed by atoms with van der Waals surface area (Å²) in [6, 6.07) is 17.8. The summed E-state index contributed by atoms with van der Waals surface area (Å²) >= 11 is 0. The largest absolute Gasteiger partial charge is 0.371 e. The van der Waals surface area contributed by atoms with Crippen LogP contribution >= 0.6 is 0 Å². The Morgan fingerprint density at radius 1 is 1.06 bits per heavy atom. The SMILES string of the molecule is Cc1ccc(C(=O)N[C@H]2CO[C@H]3[C@@H]2OC[C@@H]3n2cc(C[NH+](C)Cc3ccccc3)nn2)cc1. The van der Waals surface area contributed by atoms with Crippen molar-refractivity contribution in [2.45, 2.75) is 44.3 Å². The molecular formula is C25H30N5O3+. The molecule has 1 unspecified atom stereocenters. The lowest BCUT2D eigenvalue weighted by molar-refractivity contribution is -0.908. The molecule has 5 rings (SSSR count). The van der Waals surface area contributed by atoms with Crippen molar-refractivity contribution in [2.75, 3.05) is 20.3 Å². The van der Waals surface area contributed by atoms with Crippen molar-refractivity contribution < 1.29 is 19.2 Å². The van der Waals surface area contributed by atoms with Gasteiger partial charge in [0, 0.05) is 11.1 Å². The normalized spacial score (nSPS) is 25.0. The fraction of sp³-hybridized carbons (Fsp3) is 0.400. The Morgan fingerprint density at radius 3 is 2.61 bits per heavy atom. The number of aromatic nitrogens is 3. The maximum Gasteiger partial charge on any atom is 0.251 e. The zero-order valence-electron chi connectivity index (χ0n) is 19.0. The Labute approximate surface area is 193 Å². The molecule has 172 valence electrons. The van der Waals surface area contributed by atoms with E-state index in [1.54, 1.807) is 0 Å². The molecule has 2 aliphatic heterocycles. The van der Waals surface area contributed by atoms with Crippen LogP contribution in [0.25, 0.3) is 0 Å². The van der Waals surface area contributed by atoms with Crippen molar-refractivity contribution in [1.29, 1.82) is 0 Å². The smallest absolute Gasteiger partial charge is 0.251 e. The van der Waals surface area contributed by atoms with Crippen LogP contribution in [-0.2, 0) is 22.6 Å². The number of hydrogen-bond donors (Lipinski definition) is 2. The van der Waals surface area contributed by atoms with Gasteiger partial charge in [-0.15, -0.1) is 5.10 Å². The van der Waals surface area contributed by atoms with E-state index in [1.165, 1.54) is 10.5 Å². The predicted octanol–water partition coefficient (Wildman–Crippen LogP) is 0.939. The highest BCUT2D eigenvalue weighted by Gasteiger charge is 2.49. The van der Waals surface area contributed by atoms with E-state index >= 15 is 0 Å². The van der Waals surface area contributed by atoms with Gasteiger partial charge in [-0.1, -0.05) is 53.2 Å². The minimum atomic E-state index is -0.191. The van der Waals surface area contributed by atoms with E-state index in [1.807, 2.05) is 48.1 Å². The quantitative estimate of drug-likeness (QED) is 0.562. The van der Waals surface area contributed by atoms with Gasteiger partial charge in [-0.25, -0.2) is 4.68 Å². The first-order chi connectivity index (χ1) is 16.1. The molecule has 2 aliphatic rings. The van der Waals surface area contributed by atoms with Crippen molar-refractivity contribution >= 4 is 5.91 Å². The standard InChI is InChI=1S/C25H29N5O3/c1-17-8-10-19(11-9-17)25(31)26-21-15-32-24-22(16-33-23(21)24)30-14-20(27-28-30)13-29(2)12-18-6-4-3-5-7-18/h3-11,14,21-24H,12-13,15-16H2,1-2H3,(H,26,31)/p+1/t21-,22-,23+,24+/m0/s1. The van der Waals surface area contributed by atoms with Crippen LogP contribution in [0.1, 0.15) is 33.2 Å². The molecule has 0 aliphatic carbocycles. The number of aryl methyl sites for hydroxylation is 1. The predicted molar refractivity (Wildman–Crippen MR) is 122 cm³/mol. The molecule has 1 aromatic heterocycles. The zero-order valence-corrected chi connectivity index (χ0v) is 19.0. The number of nitrogens with one attached hydrogen (secondary N) is 2. The van der Waals surface area contributed by atoms with Gasteiger partial charge in [0.25, 0.3) is 5.91 Å². The van der Waals surface area contributed by atoms with E-state index in [9.17, 15) is 4.79 Å². The molecule has 5 atom stereocenters. The first-order valence-electron chi connectivity index (χ1n) is 11.4. The van der Waals surface area contributed by atoms with Crippen LogP contribution in [0.2, 0.25) is 0 Å². The third kappa shape index (κ3) is 4.83. The van der Waals surface area contributed by atoms with Crippen molar-refractivity contribution in [2.24, 2.45) is 0 Å². The average Bonchev–Trinajstić information content (AvgIpc) is 3.53. The molecule has 0 spiro atoms. The van der Waals surface area contributed by atoms with Crippen molar-refractivity contribution in [3.63, 3.8) is 0 Å². The summed E-state index contributed by atoms with van der Waals surface area (Å²) in [7, 11) is 2.15. The van der Waals surface area contributed by atoms with Crippen LogP contribution in [0.5, 0.6) is 0 Å². The van der Waals surface area contributed by atoms with E-state index in [-0.39, 0.29) is 30.2 Å². The minimum absolute atomic E-state index is 0.0491. The average molecular weight is 449 g/mol. The van der Waals surface area contributed by atoms with Gasteiger partial charge in [0.2, 0.25) is 0 Å². The van der Waals surface area contributed by atoms with Crippen molar-refractivity contribution in [1.82, 2.24) is 20.3 Å². The van der Waals surface area contributed by atoms with Crippen LogP contribution in [0, 0.1) is 6.92 Å². The molecular weight excluding hydrogens is 418 g/mol. The summed E-state index contributed by atoms with van der Waals surface area (Å²) in [6.07, 6.45) is 1.65. The molecule has 2 N–H and O–H groups in total. The Kier molecular flexibility index (Phi) is 6.22. The monoisotopic (exact) mass is 448 g/mol. The van der Waals surface area contributed by atoms with Crippen LogP contribution < -0.4 is 10.2 Å². The van der Waals surface area contributed by atoms with Gasteiger partial charge in [0.05, 0.1) is 32.5 Å². The number of fused-ring (bicyclic) bond motifs is 1. The topological polar surface area (TPSA) is 82.7 Å². The van der Waals surface area contributed by atoms with Crippen LogP contribution in [-0.4, -0.2) is 59.4 Å². The molecule has 8 heteroatoms. The third-order valence-corrected chi connectivity index (χ3v) is 6.39. The van der Waals surface area contributed by atoms with Gasteiger partial charge in [-0.3, -0.25) is 4.79 Å². The molecule has 0 saturated carbocycles. The van der Waals surface area contributed by atoms with E-state index in [2.05, 4.69) is 46.9 Å². The van der Waals surface area contributed by atoms with Gasteiger partial charge >= 0.3 is 0 Å². The second-order valence-corrected chi connectivity index (χ2v) is 9.10. The number of quaternary nitrogens is 1. The second kappa shape index (κ2) is 9.43. The molecule has 33 heavy (non-hydrogen) atoms. The number of rotatable bonds is 7. The number of hydrogen-bond acceptors (Lipinski definition) is 5. The molecule has 3 aromatic rings. The van der Waals surface area contributed by atoms with Crippen LogP contribution in [0.3, 0.4) is 0 Å². The van der Waals surface area contributed by atoms with Crippen molar-refractivity contribution in [3.8, 4) is 0 Å². The van der Waals surface area contributed by atoms with Gasteiger partial charge < -0.3 is 19.7 Å². The molecule has 1 amide bonds. The summed E-state index contributed by atoms with van der Waals surface area (Å²) in [4.78, 5) is 14.0. The van der Waals surface area contributed by atoms with Gasteiger partial charge in [0.15, 0.2) is 0 Å². The lowest BCUT2D eigenvalue weighted by atomic mass is 10.1. The second-order valence-electron chi connectivity index (χ2n) is 9.10. The van der Waals surface area contributed by atoms with E-state index in [0.29, 0.717) is 18.8 Å². The molecule has 2 fully saturated rings. The third-order valence-electron chi connectivity index (χ3n) is 6.39. The minimum Gasteiger partial charge on any atom is -0.371 e. The maximum absolute atomic E-state index is 12.6. The lowest BCUT2D eigenvalue weighted by Gasteiger charge is -2.18. The van der Waals surface area contributed by atoms with Crippen LogP contribution in [0.4, 0.5) is 0 Å². The highest BCUT2D eigenvalue weighted by molar-refractivity contribution is 5.94. The molecule has 2 saturated heterocycles. The number of carbonyl (C=O) groups excluding carboxylic acids is 1. The Balaban J connectivity index is 1.18. The lowest BCUT2D eigenvalue weighted by Crippen LogP contribution is -3.06. The first-order valence-corrected chi connectivity index (χ1v) is 11.4. The van der Waals surface area contributed by atoms with E-state index < -0.39 is 0 Å². The maximum atomic E-state index is 12.6.